The number of carboxylic acids is 1. The highest BCUT2D eigenvalue weighted by atomic mass is 16.4. The zero-order valence-electron chi connectivity index (χ0n) is 28.2. The van der Waals surface area contributed by atoms with E-state index in [1.54, 1.807) is 12.2 Å². The minimum Gasteiger partial charge on any atom is -0.481 e. The van der Waals surface area contributed by atoms with E-state index in [9.17, 15) is 24.3 Å². The van der Waals surface area contributed by atoms with Crippen LogP contribution in [0.2, 0.25) is 0 Å². The number of nitrogens with two attached hydrogens (primary N) is 1. The van der Waals surface area contributed by atoms with Crippen molar-refractivity contribution in [3.63, 3.8) is 0 Å². The first-order chi connectivity index (χ1) is 21.7. The predicted octanol–water partition coefficient (Wildman–Crippen LogP) is 5.37. The lowest BCUT2D eigenvalue weighted by Crippen LogP contribution is -2.59. The fourth-order valence-corrected chi connectivity index (χ4v) is 13.5. The first kappa shape index (κ1) is 31.9. The molecule has 46 heavy (non-hydrogen) atoms. The predicted molar refractivity (Wildman–Crippen MR) is 175 cm³/mol. The van der Waals surface area contributed by atoms with E-state index >= 15 is 0 Å². The molecule has 0 bridgehead atoms. The van der Waals surface area contributed by atoms with Gasteiger partial charge in [-0.1, -0.05) is 39.8 Å². The summed E-state index contributed by atoms with van der Waals surface area (Å²) < 4.78 is 0. The maximum atomic E-state index is 11.9. The van der Waals surface area contributed by atoms with Gasteiger partial charge in [-0.05, 0) is 136 Å². The summed E-state index contributed by atoms with van der Waals surface area (Å²) in [5.74, 6) is 2.90. The van der Waals surface area contributed by atoms with Crippen molar-refractivity contribution in [2.75, 3.05) is 0 Å². The zero-order chi connectivity index (χ0) is 32.8. The number of primary amides is 1. The van der Waals surface area contributed by atoms with Crippen molar-refractivity contribution in [1.82, 2.24) is 10.6 Å². The molecule has 0 aromatic heterocycles. The third-order valence-electron chi connectivity index (χ3n) is 16.0. The van der Waals surface area contributed by atoms with Crippen molar-refractivity contribution in [3.05, 3.63) is 24.3 Å². The van der Waals surface area contributed by atoms with Crippen LogP contribution in [0.1, 0.15) is 105 Å². The molecule has 252 valence electrons. The highest BCUT2D eigenvalue weighted by Crippen LogP contribution is 2.66. The lowest BCUT2D eigenvalue weighted by Gasteiger charge is -2.58. The van der Waals surface area contributed by atoms with E-state index in [4.69, 9.17) is 5.73 Å². The van der Waals surface area contributed by atoms with Crippen LogP contribution in [0, 0.1) is 69.0 Å². The first-order valence-corrected chi connectivity index (χ1v) is 18.2. The molecule has 2 aliphatic heterocycles. The molecule has 0 aromatic carbocycles. The van der Waals surface area contributed by atoms with Crippen LogP contribution in [0.4, 0.5) is 0 Å². The second kappa shape index (κ2) is 10.9. The number of carbonyl (C=O) groups excluding carboxylic acids is 3. The Bertz CT molecular complexity index is 1270. The topological polar surface area (TPSA) is 139 Å². The molecule has 3 amide bonds. The molecule has 6 saturated carbocycles. The normalized spacial score (nSPS) is 51.4. The fourth-order valence-electron chi connectivity index (χ4n) is 13.5. The van der Waals surface area contributed by atoms with Crippen molar-refractivity contribution in [2.45, 2.75) is 117 Å². The Morgan fingerprint density at radius 2 is 1.09 bits per heavy atom. The zero-order valence-corrected chi connectivity index (χ0v) is 28.2. The van der Waals surface area contributed by atoms with Crippen LogP contribution in [0.15, 0.2) is 24.3 Å². The van der Waals surface area contributed by atoms with Crippen LogP contribution < -0.4 is 16.4 Å². The Morgan fingerprint density at radius 1 is 0.652 bits per heavy atom. The molecule has 0 saturated heterocycles. The summed E-state index contributed by atoms with van der Waals surface area (Å²) in [7, 11) is 0. The monoisotopic (exact) mass is 633 g/mol. The summed E-state index contributed by atoms with van der Waals surface area (Å²) in [4.78, 5) is 47.0. The molecular weight excluding hydrogens is 578 g/mol. The Kier molecular flexibility index (Phi) is 7.60. The highest BCUT2D eigenvalue weighted by Gasteiger charge is 2.62. The first-order valence-electron chi connectivity index (χ1n) is 18.2. The molecule has 0 radical (unpaired) electrons. The minimum atomic E-state index is -0.599. The van der Waals surface area contributed by atoms with Crippen molar-refractivity contribution in [2.24, 2.45) is 74.7 Å². The van der Waals surface area contributed by atoms with E-state index < -0.39 is 5.97 Å². The van der Waals surface area contributed by atoms with Gasteiger partial charge < -0.3 is 21.5 Å². The summed E-state index contributed by atoms with van der Waals surface area (Å²) in [6.07, 6.45) is 20.5. The van der Waals surface area contributed by atoms with Crippen molar-refractivity contribution < 1.29 is 24.3 Å². The van der Waals surface area contributed by atoms with Crippen LogP contribution in [-0.4, -0.2) is 40.9 Å². The van der Waals surface area contributed by atoms with Crippen LogP contribution in [0.25, 0.3) is 0 Å². The van der Waals surface area contributed by atoms with Crippen LogP contribution in [0.3, 0.4) is 0 Å². The van der Waals surface area contributed by atoms with Crippen molar-refractivity contribution in [3.8, 4) is 0 Å². The summed E-state index contributed by atoms with van der Waals surface area (Å²) in [5.41, 5.74) is 5.89. The fraction of sp³-hybridized carbons (Fsp3) is 0.789. The van der Waals surface area contributed by atoms with Crippen molar-refractivity contribution >= 4 is 23.7 Å². The largest absolute Gasteiger partial charge is 0.481 e. The lowest BCUT2D eigenvalue weighted by atomic mass is 9.48. The molecule has 0 aromatic rings. The second-order valence-corrected chi connectivity index (χ2v) is 17.5. The molecule has 2 heterocycles. The molecule has 8 nitrogen and oxygen atoms in total. The number of amides is 3. The SMILES string of the molecule is C[C@]12C=CC(=O)NC1CCC1C2CC[C@]2(C)C(C(=O)O)CCC12.C[C@]12C=CC(=O)NC1CCC1C2CC[C@]2(C)C(C(N)=O)CCC12. The lowest BCUT2D eigenvalue weighted by molar-refractivity contribution is -0.150. The number of nitrogens with one attached hydrogen (secondary N) is 2. The summed E-state index contributed by atoms with van der Waals surface area (Å²) in [6, 6.07) is 0.529. The van der Waals surface area contributed by atoms with E-state index in [1.807, 2.05) is 0 Å². The molecule has 10 unspecified atom stereocenters. The van der Waals surface area contributed by atoms with Gasteiger partial charge in [-0.3, -0.25) is 19.2 Å². The molecule has 0 spiro atoms. The molecule has 8 rings (SSSR count). The number of hydrogen-bond donors (Lipinski definition) is 4. The summed E-state index contributed by atoms with van der Waals surface area (Å²) >= 11 is 0. The van der Waals surface area contributed by atoms with Gasteiger partial charge in [0.15, 0.2) is 0 Å². The second-order valence-electron chi connectivity index (χ2n) is 17.5. The third kappa shape index (κ3) is 4.57. The maximum absolute atomic E-state index is 11.9. The highest BCUT2D eigenvalue weighted by molar-refractivity contribution is 5.89. The molecule has 8 aliphatic rings. The Balaban J connectivity index is 0.000000147. The number of carbonyl (C=O) groups is 4. The minimum absolute atomic E-state index is 0.0299. The Hall–Kier alpha value is -2.64. The van der Waals surface area contributed by atoms with Crippen LogP contribution in [0.5, 0.6) is 0 Å². The van der Waals surface area contributed by atoms with E-state index in [1.165, 1.54) is 6.42 Å². The molecule has 6 aliphatic carbocycles. The Labute approximate surface area is 274 Å². The molecule has 5 N–H and O–H groups in total. The van der Waals surface area contributed by atoms with Gasteiger partial charge in [0.05, 0.1) is 5.92 Å². The number of fused-ring (bicyclic) bond motifs is 10. The molecule has 8 heteroatoms. The maximum Gasteiger partial charge on any atom is 0.307 e. The molecular formula is C38H55N3O5. The average molecular weight is 634 g/mol. The molecule has 14 atom stereocenters. The van der Waals surface area contributed by atoms with Gasteiger partial charge in [-0.15, -0.1) is 0 Å². The summed E-state index contributed by atoms with van der Waals surface area (Å²) in [5, 5.41) is 16.0. The van der Waals surface area contributed by atoms with E-state index in [-0.39, 0.29) is 63.3 Å². The van der Waals surface area contributed by atoms with Gasteiger partial charge in [-0.2, -0.15) is 0 Å². The standard InChI is InChI=1S/C19H28N2O2.C19H27NO3/c1-18-9-7-13-11(12(18)4-5-14(18)17(20)23)3-6-15-19(13,2)10-8-16(22)21-15;1-18-9-7-13-11(12(18)4-5-14(18)17(22)23)3-6-15-19(13,2)10-8-16(21)20-15/h8,10-15H,3-7,9H2,1-2H3,(H2,20,23)(H,21,22);8,10-15H,3-7,9H2,1-2H3,(H,20,21)(H,22,23)/t2*11?,12?,13?,14?,15?,18-,19+/m00/s1. The van der Waals surface area contributed by atoms with Gasteiger partial charge in [0, 0.05) is 28.8 Å². The van der Waals surface area contributed by atoms with Gasteiger partial charge in [0.25, 0.3) is 0 Å². The van der Waals surface area contributed by atoms with E-state index in [0.29, 0.717) is 35.5 Å². The number of hydrogen-bond acceptors (Lipinski definition) is 4. The van der Waals surface area contributed by atoms with E-state index in [2.05, 4.69) is 50.5 Å². The number of rotatable bonds is 2. The average Bonchev–Trinajstić information content (AvgIpc) is 3.55. The van der Waals surface area contributed by atoms with Gasteiger partial charge in [-0.25, -0.2) is 0 Å². The van der Waals surface area contributed by atoms with E-state index in [0.717, 1.165) is 70.6 Å². The van der Waals surface area contributed by atoms with Crippen LogP contribution >= 0.6 is 0 Å². The van der Waals surface area contributed by atoms with Gasteiger partial charge in [0.2, 0.25) is 17.7 Å². The quantitative estimate of drug-likeness (QED) is 0.324. The van der Waals surface area contributed by atoms with Crippen molar-refractivity contribution in [1.29, 1.82) is 0 Å². The smallest absolute Gasteiger partial charge is 0.307 e. The van der Waals surface area contributed by atoms with Gasteiger partial charge >= 0.3 is 5.97 Å². The number of carboxylic acid groups (broad SMARTS) is 1. The molecule has 6 fully saturated rings. The Morgan fingerprint density at radius 3 is 1.52 bits per heavy atom. The number of aliphatic carboxylic acids is 1. The third-order valence-corrected chi connectivity index (χ3v) is 16.0. The summed E-state index contributed by atoms with van der Waals surface area (Å²) in [6.45, 7) is 9.17. The van der Waals surface area contributed by atoms with Crippen LogP contribution in [-0.2, 0) is 19.2 Å². The van der Waals surface area contributed by atoms with Gasteiger partial charge in [0.1, 0.15) is 0 Å².